The first-order chi connectivity index (χ1) is 9.38. The molecular weight excluding hydrogens is 347 g/mol. The molecule has 0 aliphatic rings. The highest BCUT2D eigenvalue weighted by Gasteiger charge is 2.16. The standard InChI is InChI=1S/C14H12BrFO3S/c1-10-2-5-13(6-3-10)20(17,18)19-9-11-8-12(16)4-7-14(11)15/h2-8H,9H2,1H3. The number of hydrogen-bond acceptors (Lipinski definition) is 3. The molecule has 106 valence electrons. The maximum Gasteiger partial charge on any atom is 0.297 e. The molecule has 0 aromatic heterocycles. The van der Waals surface area contributed by atoms with Crippen LogP contribution in [-0.4, -0.2) is 8.42 Å². The molecule has 0 aliphatic carbocycles. The van der Waals surface area contributed by atoms with Gasteiger partial charge in [0.15, 0.2) is 0 Å². The van der Waals surface area contributed by atoms with Crippen LogP contribution in [0.3, 0.4) is 0 Å². The fraction of sp³-hybridized carbons (Fsp3) is 0.143. The summed E-state index contributed by atoms with van der Waals surface area (Å²) in [5.74, 6) is -0.445. The van der Waals surface area contributed by atoms with E-state index >= 15 is 0 Å². The average Bonchev–Trinajstić information content (AvgIpc) is 2.40. The van der Waals surface area contributed by atoms with Crippen molar-refractivity contribution in [1.82, 2.24) is 0 Å². The lowest BCUT2D eigenvalue weighted by atomic mass is 10.2. The molecule has 0 atom stereocenters. The molecule has 20 heavy (non-hydrogen) atoms. The molecule has 0 amide bonds. The predicted molar refractivity (Wildman–Crippen MR) is 77.3 cm³/mol. The van der Waals surface area contributed by atoms with Crippen LogP contribution in [0.1, 0.15) is 11.1 Å². The molecule has 0 fully saturated rings. The van der Waals surface area contributed by atoms with Crippen LogP contribution in [0.25, 0.3) is 0 Å². The van der Waals surface area contributed by atoms with Gasteiger partial charge in [-0.05, 0) is 42.8 Å². The van der Waals surface area contributed by atoms with Crippen LogP contribution in [0.5, 0.6) is 0 Å². The van der Waals surface area contributed by atoms with Crippen LogP contribution < -0.4 is 0 Å². The van der Waals surface area contributed by atoms with Crippen molar-refractivity contribution < 1.29 is 17.0 Å². The molecule has 0 saturated carbocycles. The Morgan fingerprint density at radius 2 is 1.80 bits per heavy atom. The van der Waals surface area contributed by atoms with Gasteiger partial charge in [0.25, 0.3) is 10.1 Å². The van der Waals surface area contributed by atoms with Gasteiger partial charge in [-0.2, -0.15) is 8.42 Å². The lowest BCUT2D eigenvalue weighted by molar-refractivity contribution is 0.306. The van der Waals surface area contributed by atoms with Crippen LogP contribution in [0.2, 0.25) is 0 Å². The first-order valence-electron chi connectivity index (χ1n) is 5.78. The fourth-order valence-electron chi connectivity index (χ4n) is 1.57. The quantitative estimate of drug-likeness (QED) is 0.780. The van der Waals surface area contributed by atoms with Gasteiger partial charge in [0.05, 0.1) is 11.5 Å². The summed E-state index contributed by atoms with van der Waals surface area (Å²) in [6.07, 6.45) is 0. The second-order valence-electron chi connectivity index (χ2n) is 4.27. The first kappa shape index (κ1) is 15.2. The SMILES string of the molecule is Cc1ccc(S(=O)(=O)OCc2cc(F)ccc2Br)cc1. The number of aryl methyl sites for hydroxylation is 1. The minimum absolute atomic E-state index is 0.0793. The van der Waals surface area contributed by atoms with Gasteiger partial charge in [-0.1, -0.05) is 33.6 Å². The summed E-state index contributed by atoms with van der Waals surface area (Å²) in [4.78, 5) is 0.0793. The zero-order valence-electron chi connectivity index (χ0n) is 10.6. The number of rotatable bonds is 4. The molecule has 0 spiro atoms. The Hall–Kier alpha value is -1.24. The summed E-state index contributed by atoms with van der Waals surface area (Å²) < 4.78 is 42.6. The Labute approximate surface area is 125 Å². The molecule has 2 aromatic rings. The van der Waals surface area contributed by atoms with Gasteiger partial charge in [0.2, 0.25) is 0 Å². The van der Waals surface area contributed by atoms with E-state index in [2.05, 4.69) is 15.9 Å². The van der Waals surface area contributed by atoms with E-state index in [1.807, 2.05) is 6.92 Å². The van der Waals surface area contributed by atoms with Crippen LogP contribution >= 0.6 is 15.9 Å². The molecule has 3 nitrogen and oxygen atoms in total. The molecule has 0 N–H and O–H groups in total. The van der Waals surface area contributed by atoms with Gasteiger partial charge in [-0.3, -0.25) is 4.18 Å². The monoisotopic (exact) mass is 358 g/mol. The Morgan fingerprint density at radius 3 is 2.45 bits per heavy atom. The average molecular weight is 359 g/mol. The van der Waals surface area contributed by atoms with Gasteiger partial charge in [0.1, 0.15) is 5.82 Å². The van der Waals surface area contributed by atoms with Crippen LogP contribution in [0.4, 0.5) is 4.39 Å². The predicted octanol–water partition coefficient (Wildman–Crippen LogP) is 3.80. The normalized spacial score (nSPS) is 11.6. The molecule has 2 rings (SSSR count). The lowest BCUT2D eigenvalue weighted by Gasteiger charge is -2.07. The van der Waals surface area contributed by atoms with Crippen molar-refractivity contribution in [2.45, 2.75) is 18.4 Å². The van der Waals surface area contributed by atoms with E-state index in [0.29, 0.717) is 10.0 Å². The van der Waals surface area contributed by atoms with Crippen molar-refractivity contribution in [3.05, 3.63) is 63.9 Å². The Morgan fingerprint density at radius 1 is 1.15 bits per heavy atom. The minimum atomic E-state index is -3.85. The molecule has 6 heteroatoms. The molecule has 0 bridgehead atoms. The van der Waals surface area contributed by atoms with E-state index in [1.54, 1.807) is 12.1 Å². The Balaban J connectivity index is 2.17. The molecule has 0 saturated heterocycles. The van der Waals surface area contributed by atoms with E-state index in [0.717, 1.165) is 5.56 Å². The summed E-state index contributed by atoms with van der Waals surface area (Å²) >= 11 is 3.22. The zero-order chi connectivity index (χ0) is 14.8. The van der Waals surface area contributed by atoms with Gasteiger partial charge in [0, 0.05) is 4.47 Å². The highest BCUT2D eigenvalue weighted by molar-refractivity contribution is 9.10. The lowest BCUT2D eigenvalue weighted by Crippen LogP contribution is -2.07. The van der Waals surface area contributed by atoms with Gasteiger partial charge in [-0.15, -0.1) is 0 Å². The van der Waals surface area contributed by atoms with E-state index < -0.39 is 15.9 Å². The first-order valence-corrected chi connectivity index (χ1v) is 7.98. The third kappa shape index (κ3) is 3.65. The Bertz CT molecular complexity index is 712. The summed E-state index contributed by atoms with van der Waals surface area (Å²) in [7, 11) is -3.85. The van der Waals surface area contributed by atoms with Crippen molar-refractivity contribution in [3.8, 4) is 0 Å². The van der Waals surface area contributed by atoms with Gasteiger partial charge in [-0.25, -0.2) is 4.39 Å². The van der Waals surface area contributed by atoms with Crippen molar-refractivity contribution in [3.63, 3.8) is 0 Å². The largest absolute Gasteiger partial charge is 0.297 e. The number of hydrogen-bond donors (Lipinski definition) is 0. The van der Waals surface area contributed by atoms with Crippen molar-refractivity contribution in [2.75, 3.05) is 0 Å². The minimum Gasteiger partial charge on any atom is -0.262 e. The third-order valence-corrected chi connectivity index (χ3v) is 4.74. The van der Waals surface area contributed by atoms with E-state index in [1.165, 1.54) is 30.3 Å². The van der Waals surface area contributed by atoms with E-state index in [9.17, 15) is 12.8 Å². The summed E-state index contributed by atoms with van der Waals surface area (Å²) in [5, 5.41) is 0. The van der Waals surface area contributed by atoms with Gasteiger partial charge >= 0.3 is 0 Å². The zero-order valence-corrected chi connectivity index (χ0v) is 13.0. The maximum absolute atomic E-state index is 13.1. The van der Waals surface area contributed by atoms with Crippen molar-refractivity contribution in [1.29, 1.82) is 0 Å². The summed E-state index contributed by atoms with van der Waals surface area (Å²) in [6, 6.07) is 10.3. The van der Waals surface area contributed by atoms with Gasteiger partial charge < -0.3 is 0 Å². The fourth-order valence-corrected chi connectivity index (χ4v) is 2.82. The van der Waals surface area contributed by atoms with Crippen molar-refractivity contribution >= 4 is 26.0 Å². The highest BCUT2D eigenvalue weighted by atomic mass is 79.9. The van der Waals surface area contributed by atoms with Crippen molar-refractivity contribution in [2.24, 2.45) is 0 Å². The second kappa shape index (κ2) is 6.03. The Kier molecular flexibility index (Phi) is 4.57. The number of benzene rings is 2. The highest BCUT2D eigenvalue weighted by Crippen LogP contribution is 2.21. The van der Waals surface area contributed by atoms with Crippen LogP contribution in [0, 0.1) is 12.7 Å². The molecule has 0 heterocycles. The molecule has 0 aliphatic heterocycles. The molecule has 0 unspecified atom stereocenters. The topological polar surface area (TPSA) is 43.4 Å². The van der Waals surface area contributed by atoms with Crippen LogP contribution in [-0.2, 0) is 20.9 Å². The molecule has 0 radical (unpaired) electrons. The third-order valence-electron chi connectivity index (χ3n) is 2.69. The molecular formula is C14H12BrFO3S. The summed E-state index contributed by atoms with van der Waals surface area (Å²) in [6.45, 7) is 1.63. The maximum atomic E-state index is 13.1. The second-order valence-corrected chi connectivity index (χ2v) is 6.73. The smallest absolute Gasteiger partial charge is 0.262 e. The summed E-state index contributed by atoms with van der Waals surface area (Å²) in [5.41, 5.74) is 1.39. The van der Waals surface area contributed by atoms with Crippen LogP contribution in [0.15, 0.2) is 51.8 Å². The van der Waals surface area contributed by atoms with E-state index in [-0.39, 0.29) is 11.5 Å². The molecule has 2 aromatic carbocycles. The number of halogens is 2. The van der Waals surface area contributed by atoms with E-state index in [4.69, 9.17) is 4.18 Å².